The lowest BCUT2D eigenvalue weighted by Crippen LogP contribution is -2.32. The van der Waals surface area contributed by atoms with Crippen LogP contribution in [0.4, 0.5) is 0 Å². The molecule has 0 saturated carbocycles. The van der Waals surface area contributed by atoms with E-state index < -0.39 is 10.0 Å². The summed E-state index contributed by atoms with van der Waals surface area (Å²) in [7, 11) is -3.71. The molecule has 0 aliphatic rings. The Hall–Kier alpha value is -2.78. The zero-order chi connectivity index (χ0) is 19.0. The summed E-state index contributed by atoms with van der Waals surface area (Å²) in [6, 6.07) is 9.69. The van der Waals surface area contributed by atoms with Crippen LogP contribution in [0.1, 0.15) is 17.5 Å². The van der Waals surface area contributed by atoms with Crippen LogP contribution in [0.2, 0.25) is 0 Å². The Kier molecular flexibility index (Phi) is 6.81. The van der Waals surface area contributed by atoms with E-state index >= 15 is 0 Å². The Balaban J connectivity index is 1.69. The molecule has 2 aromatic rings. The van der Waals surface area contributed by atoms with Gasteiger partial charge in [0.05, 0.1) is 4.90 Å². The number of primary sulfonamides is 1. The van der Waals surface area contributed by atoms with Crippen LogP contribution in [0.25, 0.3) is 0 Å². The van der Waals surface area contributed by atoms with Crippen LogP contribution in [-0.2, 0) is 32.6 Å². The number of hydrogen-bond acceptors (Lipinski definition) is 5. The van der Waals surface area contributed by atoms with Gasteiger partial charge in [-0.2, -0.15) is 0 Å². The first-order valence-corrected chi connectivity index (χ1v) is 9.43. The van der Waals surface area contributed by atoms with Crippen molar-refractivity contribution >= 4 is 21.8 Å². The van der Waals surface area contributed by atoms with Crippen LogP contribution < -0.4 is 15.8 Å². The molecule has 0 aliphatic heterocycles. The minimum absolute atomic E-state index is 0.0376. The summed E-state index contributed by atoms with van der Waals surface area (Å²) in [6.07, 6.45) is 3.53. The summed E-state index contributed by atoms with van der Waals surface area (Å²) >= 11 is 0. The van der Waals surface area contributed by atoms with Crippen LogP contribution in [-0.4, -0.2) is 31.8 Å². The number of carbonyl (C=O) groups is 2. The van der Waals surface area contributed by atoms with Gasteiger partial charge in [-0.15, -0.1) is 0 Å². The number of nitrogens with zero attached hydrogens (tertiary/aromatic N) is 1. The fraction of sp³-hybridized carbons (Fsp3) is 0.235. The third kappa shape index (κ3) is 6.61. The van der Waals surface area contributed by atoms with Crippen molar-refractivity contribution in [2.75, 3.05) is 6.54 Å². The maximum Gasteiger partial charge on any atom is 0.238 e. The van der Waals surface area contributed by atoms with Crippen molar-refractivity contribution in [1.82, 2.24) is 15.6 Å². The lowest BCUT2D eigenvalue weighted by Gasteiger charge is -2.07. The molecule has 2 rings (SSSR count). The zero-order valence-electron chi connectivity index (χ0n) is 14.0. The van der Waals surface area contributed by atoms with Gasteiger partial charge in [0.1, 0.15) is 6.42 Å². The van der Waals surface area contributed by atoms with Gasteiger partial charge in [-0.25, -0.2) is 13.6 Å². The van der Waals surface area contributed by atoms with E-state index in [0.717, 1.165) is 11.1 Å². The van der Waals surface area contributed by atoms with Crippen LogP contribution in [0, 0.1) is 0 Å². The largest absolute Gasteiger partial charge is 0.355 e. The van der Waals surface area contributed by atoms with Crippen LogP contribution in [0.15, 0.2) is 53.7 Å². The van der Waals surface area contributed by atoms with Crippen molar-refractivity contribution in [3.8, 4) is 0 Å². The first-order chi connectivity index (χ1) is 12.3. The first kappa shape index (κ1) is 19.5. The third-order valence-corrected chi connectivity index (χ3v) is 4.45. The van der Waals surface area contributed by atoms with Crippen molar-refractivity contribution in [3.05, 3.63) is 59.9 Å². The second kappa shape index (κ2) is 9.07. The predicted octanol–water partition coefficient (Wildman–Crippen LogP) is 0.0942. The molecule has 0 radical (unpaired) electrons. The van der Waals surface area contributed by atoms with Crippen molar-refractivity contribution < 1.29 is 18.0 Å². The molecule has 0 atom stereocenters. The van der Waals surface area contributed by atoms with Gasteiger partial charge in [-0.3, -0.25) is 14.6 Å². The molecule has 0 bridgehead atoms. The molecule has 8 nitrogen and oxygen atoms in total. The van der Waals surface area contributed by atoms with E-state index in [4.69, 9.17) is 5.14 Å². The smallest absolute Gasteiger partial charge is 0.238 e. The lowest BCUT2D eigenvalue weighted by atomic mass is 10.1. The van der Waals surface area contributed by atoms with E-state index in [0.29, 0.717) is 19.5 Å². The van der Waals surface area contributed by atoms with E-state index in [1.54, 1.807) is 30.6 Å². The molecule has 2 amide bonds. The minimum atomic E-state index is -3.71. The standard InChI is InChI=1S/C17H20N4O4S/c18-26(24,25)15-5-3-13(4-6-15)7-9-20-16(22)10-17(23)21-12-14-2-1-8-19-11-14/h1-6,8,11H,7,9-10,12H2,(H,20,22)(H,21,23)(H2,18,24,25). The number of sulfonamides is 1. The molecular formula is C17H20N4O4S. The van der Waals surface area contributed by atoms with Gasteiger partial charge in [0.15, 0.2) is 0 Å². The second-order valence-electron chi connectivity index (χ2n) is 5.60. The number of carbonyl (C=O) groups excluding carboxylic acids is 2. The Morgan fingerprint density at radius 2 is 1.69 bits per heavy atom. The van der Waals surface area contributed by atoms with Crippen LogP contribution in [0.3, 0.4) is 0 Å². The van der Waals surface area contributed by atoms with Gasteiger partial charge in [-0.1, -0.05) is 18.2 Å². The summed E-state index contributed by atoms with van der Waals surface area (Å²) in [5.74, 6) is -0.751. The Morgan fingerprint density at radius 3 is 2.31 bits per heavy atom. The summed E-state index contributed by atoms with van der Waals surface area (Å²) in [5.41, 5.74) is 1.70. The highest BCUT2D eigenvalue weighted by Gasteiger charge is 2.09. The number of nitrogens with two attached hydrogens (primary N) is 1. The fourth-order valence-electron chi connectivity index (χ4n) is 2.17. The summed E-state index contributed by atoms with van der Waals surface area (Å²) in [6.45, 7) is 0.653. The van der Waals surface area contributed by atoms with Gasteiger partial charge in [-0.05, 0) is 35.7 Å². The third-order valence-electron chi connectivity index (χ3n) is 3.52. The van der Waals surface area contributed by atoms with Gasteiger partial charge in [0.25, 0.3) is 0 Å². The molecule has 138 valence electrons. The number of aromatic nitrogens is 1. The van der Waals surface area contributed by atoms with Crippen LogP contribution >= 0.6 is 0 Å². The molecule has 9 heteroatoms. The topological polar surface area (TPSA) is 131 Å². The van der Waals surface area contributed by atoms with Crippen molar-refractivity contribution in [2.45, 2.75) is 24.3 Å². The summed E-state index contributed by atoms with van der Waals surface area (Å²) < 4.78 is 22.3. The van der Waals surface area contributed by atoms with E-state index in [9.17, 15) is 18.0 Å². The molecule has 0 saturated heterocycles. The number of hydrogen-bond donors (Lipinski definition) is 3. The van der Waals surface area contributed by atoms with Crippen LogP contribution in [0.5, 0.6) is 0 Å². The van der Waals surface area contributed by atoms with Crippen molar-refractivity contribution in [2.24, 2.45) is 5.14 Å². The molecule has 0 spiro atoms. The van der Waals surface area contributed by atoms with Gasteiger partial charge in [0.2, 0.25) is 21.8 Å². The van der Waals surface area contributed by atoms with E-state index in [-0.39, 0.29) is 23.1 Å². The highest BCUT2D eigenvalue weighted by atomic mass is 32.2. The van der Waals surface area contributed by atoms with Crippen molar-refractivity contribution in [1.29, 1.82) is 0 Å². The SMILES string of the molecule is NS(=O)(=O)c1ccc(CCNC(=O)CC(=O)NCc2cccnc2)cc1. The average molecular weight is 376 g/mol. The molecule has 0 unspecified atom stereocenters. The number of nitrogens with one attached hydrogen (secondary N) is 2. The number of rotatable bonds is 8. The maximum atomic E-state index is 11.8. The molecule has 1 aromatic carbocycles. The molecule has 1 heterocycles. The lowest BCUT2D eigenvalue weighted by molar-refractivity contribution is -0.129. The minimum Gasteiger partial charge on any atom is -0.355 e. The Labute approximate surface area is 151 Å². The van der Waals surface area contributed by atoms with E-state index in [1.807, 2.05) is 6.07 Å². The zero-order valence-corrected chi connectivity index (χ0v) is 14.8. The highest BCUT2D eigenvalue weighted by molar-refractivity contribution is 7.89. The molecule has 1 aromatic heterocycles. The molecule has 26 heavy (non-hydrogen) atoms. The summed E-state index contributed by atoms with van der Waals surface area (Å²) in [5, 5.41) is 10.3. The summed E-state index contributed by atoms with van der Waals surface area (Å²) in [4.78, 5) is 27.5. The molecular weight excluding hydrogens is 356 g/mol. The maximum absolute atomic E-state index is 11.8. The Morgan fingerprint density at radius 1 is 1.00 bits per heavy atom. The highest BCUT2D eigenvalue weighted by Crippen LogP contribution is 2.08. The van der Waals surface area contributed by atoms with Gasteiger partial charge in [0, 0.05) is 25.5 Å². The molecule has 0 aliphatic carbocycles. The van der Waals surface area contributed by atoms with Crippen molar-refractivity contribution in [3.63, 3.8) is 0 Å². The predicted molar refractivity (Wildman–Crippen MR) is 95.2 cm³/mol. The monoisotopic (exact) mass is 376 g/mol. The second-order valence-corrected chi connectivity index (χ2v) is 7.17. The van der Waals surface area contributed by atoms with E-state index in [1.165, 1.54) is 12.1 Å². The fourth-order valence-corrected chi connectivity index (χ4v) is 2.68. The molecule has 0 fully saturated rings. The Bertz CT molecular complexity index is 852. The number of amides is 2. The van der Waals surface area contributed by atoms with Gasteiger partial charge < -0.3 is 10.6 Å². The quantitative estimate of drug-likeness (QED) is 0.562. The van der Waals surface area contributed by atoms with E-state index in [2.05, 4.69) is 15.6 Å². The number of benzene rings is 1. The normalized spacial score (nSPS) is 11.0. The number of pyridine rings is 1. The first-order valence-electron chi connectivity index (χ1n) is 7.88. The van der Waals surface area contributed by atoms with Gasteiger partial charge >= 0.3 is 0 Å². The molecule has 4 N–H and O–H groups in total. The average Bonchev–Trinajstić information content (AvgIpc) is 2.60.